The van der Waals surface area contributed by atoms with Crippen LogP contribution in [0.5, 0.6) is 0 Å². The average Bonchev–Trinajstić information content (AvgIpc) is 3.11. The second-order valence-corrected chi connectivity index (χ2v) is 7.78. The van der Waals surface area contributed by atoms with Crippen LogP contribution >= 0.6 is 11.6 Å². The van der Waals surface area contributed by atoms with Gasteiger partial charge in [0.25, 0.3) is 0 Å². The molecule has 1 aliphatic rings. The molecule has 4 heterocycles. The molecule has 0 saturated carbocycles. The molecule has 0 aromatic carbocycles. The number of aromatic nitrogens is 6. The van der Waals surface area contributed by atoms with Crippen molar-refractivity contribution in [1.82, 2.24) is 34.8 Å². The normalized spacial score (nSPS) is 17.9. The summed E-state index contributed by atoms with van der Waals surface area (Å²) in [5, 5.41) is 0.0572. The molecule has 0 amide bonds. The molecule has 9 nitrogen and oxygen atoms in total. The number of nitrogens with one attached hydrogen (secondary N) is 1. The first-order valence-electron chi connectivity index (χ1n) is 9.51. The Morgan fingerprint density at radius 3 is 2.87 bits per heavy atom. The molecule has 0 aliphatic carbocycles. The fourth-order valence-electron chi connectivity index (χ4n) is 3.68. The summed E-state index contributed by atoms with van der Waals surface area (Å²) in [7, 11) is 0. The highest BCUT2D eigenvalue weighted by molar-refractivity contribution is 6.35. The molecule has 0 radical (unpaired) electrons. The molecule has 3 aromatic rings. The lowest BCUT2D eigenvalue weighted by Crippen LogP contribution is -2.36. The van der Waals surface area contributed by atoms with E-state index < -0.39 is 12.0 Å². The van der Waals surface area contributed by atoms with Crippen molar-refractivity contribution >= 4 is 34.4 Å². The number of carbonyl (C=O) groups excluding carboxylic acids is 1. The Morgan fingerprint density at radius 1 is 1.29 bits per heavy atom. The number of piperidine rings is 1. The van der Waals surface area contributed by atoms with Gasteiger partial charge in [0.15, 0.2) is 11.4 Å². The van der Waals surface area contributed by atoms with Gasteiger partial charge < -0.3 is 10.7 Å². The smallest absolute Gasteiger partial charge is 0.382 e. The molecule has 31 heavy (non-hydrogen) atoms. The van der Waals surface area contributed by atoms with E-state index in [1.54, 1.807) is 0 Å². The highest BCUT2D eigenvalue weighted by Gasteiger charge is 2.35. The third-order valence-electron chi connectivity index (χ3n) is 5.07. The lowest BCUT2D eigenvalue weighted by molar-refractivity contribution is -0.144. The van der Waals surface area contributed by atoms with Crippen molar-refractivity contribution in [2.75, 3.05) is 18.8 Å². The van der Waals surface area contributed by atoms with E-state index in [9.17, 15) is 18.0 Å². The minimum Gasteiger partial charge on any atom is -0.382 e. The number of nitrogen functional groups attached to an aromatic ring is 1. The summed E-state index contributed by atoms with van der Waals surface area (Å²) in [6.45, 7) is 1.80. The summed E-state index contributed by atoms with van der Waals surface area (Å²) in [6, 6.07) is 0. The summed E-state index contributed by atoms with van der Waals surface area (Å²) >= 11 is 6.04. The van der Waals surface area contributed by atoms with E-state index in [0.29, 0.717) is 24.4 Å². The Labute approximate surface area is 179 Å². The number of fused-ring (bicyclic) bond motifs is 1. The van der Waals surface area contributed by atoms with Crippen LogP contribution in [0.2, 0.25) is 5.02 Å². The van der Waals surface area contributed by atoms with E-state index >= 15 is 0 Å². The molecule has 1 atom stereocenters. The van der Waals surface area contributed by atoms with E-state index in [2.05, 4.69) is 34.8 Å². The van der Waals surface area contributed by atoms with Gasteiger partial charge in [0, 0.05) is 13.0 Å². The molecule has 3 aromatic heterocycles. The van der Waals surface area contributed by atoms with Crippen LogP contribution in [-0.4, -0.2) is 53.7 Å². The van der Waals surface area contributed by atoms with Gasteiger partial charge in [-0.25, -0.2) is 24.9 Å². The second kappa shape index (κ2) is 8.35. The number of likely N-dealkylation sites (tertiary alicyclic amines) is 1. The van der Waals surface area contributed by atoms with Gasteiger partial charge in [0.05, 0.1) is 12.7 Å². The Morgan fingerprint density at radius 2 is 2.10 bits per heavy atom. The fraction of sp³-hybridized carbons (Fsp3) is 0.444. The SMILES string of the molecule is Nc1ncnc(C(=O)CC2CCCN(Cc3nc4nc(C(F)(F)F)ncc4[nH]3)C2)c1Cl. The number of nitrogens with zero attached hydrogens (tertiary/aromatic N) is 6. The number of imidazole rings is 1. The second-order valence-electron chi connectivity index (χ2n) is 7.40. The summed E-state index contributed by atoms with van der Waals surface area (Å²) in [5.41, 5.74) is 6.06. The summed E-state index contributed by atoms with van der Waals surface area (Å²) in [4.78, 5) is 36.4. The molecule has 1 saturated heterocycles. The topological polar surface area (TPSA) is 127 Å². The first kappa shape index (κ1) is 21.4. The van der Waals surface area contributed by atoms with Gasteiger partial charge in [-0.3, -0.25) is 9.69 Å². The third-order valence-corrected chi connectivity index (χ3v) is 5.45. The van der Waals surface area contributed by atoms with Crippen LogP contribution in [0.25, 0.3) is 11.2 Å². The molecule has 1 fully saturated rings. The van der Waals surface area contributed by atoms with E-state index in [1.165, 1.54) is 6.33 Å². The summed E-state index contributed by atoms with van der Waals surface area (Å²) < 4.78 is 38.4. The molecular weight excluding hydrogens is 437 g/mol. The van der Waals surface area contributed by atoms with Crippen molar-refractivity contribution in [3.63, 3.8) is 0 Å². The van der Waals surface area contributed by atoms with Gasteiger partial charge in [-0.05, 0) is 25.3 Å². The van der Waals surface area contributed by atoms with Gasteiger partial charge >= 0.3 is 6.18 Å². The minimum atomic E-state index is -4.63. The van der Waals surface area contributed by atoms with E-state index in [4.69, 9.17) is 17.3 Å². The maximum absolute atomic E-state index is 12.8. The van der Waals surface area contributed by atoms with Crippen LogP contribution in [0, 0.1) is 5.92 Å². The standard InChI is InChI=1S/C18H18ClF3N8O/c19-13-14(25-8-26-15(13)23)11(31)4-9-2-1-3-30(6-9)7-12-27-10-5-24-17(18(20,21)22)29-16(10)28-12/h5,8-9H,1-4,6-7H2,(H2,23,25,26)(H,24,27,28,29). The van der Waals surface area contributed by atoms with Crippen molar-refractivity contribution in [3.05, 3.63) is 34.9 Å². The average molecular weight is 455 g/mol. The minimum absolute atomic E-state index is 0.0305. The number of aromatic amines is 1. The number of carbonyl (C=O) groups is 1. The number of rotatable bonds is 5. The van der Waals surface area contributed by atoms with Gasteiger partial charge in [0.2, 0.25) is 5.82 Å². The quantitative estimate of drug-likeness (QED) is 0.563. The Balaban J connectivity index is 1.42. The molecule has 164 valence electrons. The number of hydrogen-bond acceptors (Lipinski definition) is 8. The lowest BCUT2D eigenvalue weighted by atomic mass is 9.92. The van der Waals surface area contributed by atoms with Crippen LogP contribution in [0.3, 0.4) is 0 Å². The monoisotopic (exact) mass is 454 g/mol. The fourth-order valence-corrected chi connectivity index (χ4v) is 3.88. The first-order chi connectivity index (χ1) is 14.7. The van der Waals surface area contributed by atoms with Gasteiger partial charge in [-0.2, -0.15) is 13.2 Å². The van der Waals surface area contributed by atoms with Crippen molar-refractivity contribution in [2.24, 2.45) is 5.92 Å². The van der Waals surface area contributed by atoms with E-state index in [0.717, 1.165) is 25.6 Å². The predicted octanol–water partition coefficient (Wildman–Crippen LogP) is 2.88. The number of alkyl halides is 3. The number of anilines is 1. The van der Waals surface area contributed by atoms with Crippen LogP contribution in [0.15, 0.2) is 12.5 Å². The van der Waals surface area contributed by atoms with Gasteiger partial charge in [-0.1, -0.05) is 11.6 Å². The Kier molecular flexibility index (Phi) is 5.75. The summed E-state index contributed by atoms with van der Waals surface area (Å²) in [5.74, 6) is -0.799. The molecule has 0 spiro atoms. The first-order valence-corrected chi connectivity index (χ1v) is 9.89. The molecule has 13 heteroatoms. The summed E-state index contributed by atoms with van der Waals surface area (Å²) in [6.07, 6.45) is -0.353. The molecular formula is C18H18ClF3N8O. The molecule has 0 bridgehead atoms. The zero-order chi connectivity index (χ0) is 22.2. The van der Waals surface area contributed by atoms with Crippen LogP contribution in [0.1, 0.15) is 41.4 Å². The van der Waals surface area contributed by atoms with Gasteiger partial charge in [-0.15, -0.1) is 0 Å². The third kappa shape index (κ3) is 4.74. The Hall–Kier alpha value is -2.86. The number of Topliss-reactive ketones (excluding diaryl/α,β-unsaturated/α-hetero) is 1. The zero-order valence-electron chi connectivity index (χ0n) is 16.2. The van der Waals surface area contributed by atoms with Crippen LogP contribution in [-0.2, 0) is 12.7 Å². The van der Waals surface area contributed by atoms with Gasteiger partial charge in [0.1, 0.15) is 34.2 Å². The number of hydrogen-bond donors (Lipinski definition) is 2. The van der Waals surface area contributed by atoms with Crippen molar-refractivity contribution < 1.29 is 18.0 Å². The maximum atomic E-state index is 12.8. The number of ketones is 1. The largest absolute Gasteiger partial charge is 0.451 e. The lowest BCUT2D eigenvalue weighted by Gasteiger charge is -2.31. The number of H-pyrrole nitrogens is 1. The van der Waals surface area contributed by atoms with Crippen LogP contribution < -0.4 is 5.73 Å². The Bertz CT molecular complexity index is 1120. The number of nitrogens with two attached hydrogens (primary N) is 1. The van der Waals surface area contributed by atoms with Crippen molar-refractivity contribution in [1.29, 1.82) is 0 Å². The highest BCUT2D eigenvalue weighted by atomic mass is 35.5. The van der Waals surface area contributed by atoms with Crippen molar-refractivity contribution in [3.8, 4) is 0 Å². The van der Waals surface area contributed by atoms with E-state index in [-0.39, 0.29) is 40.3 Å². The number of halogens is 4. The molecule has 1 aliphatic heterocycles. The molecule has 1 unspecified atom stereocenters. The molecule has 4 rings (SSSR count). The van der Waals surface area contributed by atoms with E-state index in [1.807, 2.05) is 0 Å². The zero-order valence-corrected chi connectivity index (χ0v) is 16.9. The predicted molar refractivity (Wildman–Crippen MR) is 105 cm³/mol. The highest BCUT2D eigenvalue weighted by Crippen LogP contribution is 2.28. The van der Waals surface area contributed by atoms with Crippen molar-refractivity contribution in [2.45, 2.75) is 32.0 Å². The van der Waals surface area contributed by atoms with Crippen LogP contribution in [0.4, 0.5) is 19.0 Å². The maximum Gasteiger partial charge on any atom is 0.451 e. The molecule has 3 N–H and O–H groups in total.